The molecule has 0 saturated carbocycles. The van der Waals surface area contributed by atoms with E-state index >= 15 is 0 Å². The van der Waals surface area contributed by atoms with Crippen molar-refractivity contribution >= 4 is 11.8 Å². The summed E-state index contributed by atoms with van der Waals surface area (Å²) in [4.78, 5) is 24.4. The summed E-state index contributed by atoms with van der Waals surface area (Å²) in [7, 11) is 0. The first kappa shape index (κ1) is 25.6. The summed E-state index contributed by atoms with van der Waals surface area (Å²) in [5, 5.41) is 9.28. The van der Waals surface area contributed by atoms with Gasteiger partial charge in [-0.1, -0.05) is 107 Å². The molecule has 4 nitrogen and oxygen atoms in total. The number of ether oxygens (including phenoxy) is 1. The van der Waals surface area contributed by atoms with E-state index in [9.17, 15) is 14.7 Å². The molecule has 2 aromatic carbocycles. The number of Topliss-reactive ketones (excluding diaryl/α,β-unsaturated/α-hetero) is 1. The molecule has 1 N–H and O–H groups in total. The van der Waals surface area contributed by atoms with Gasteiger partial charge in [-0.2, -0.15) is 0 Å². The smallest absolute Gasteiger partial charge is 0.307 e. The fraction of sp³-hybridized carbons (Fsp3) is 0.500. The first-order chi connectivity index (χ1) is 15.6. The normalized spacial score (nSPS) is 10.8. The number of aliphatic carboxylic acids is 1. The second-order valence-electron chi connectivity index (χ2n) is 8.49. The van der Waals surface area contributed by atoms with Gasteiger partial charge in [0, 0.05) is 6.42 Å². The van der Waals surface area contributed by atoms with Gasteiger partial charge in [0.2, 0.25) is 0 Å². The lowest BCUT2D eigenvalue weighted by atomic mass is 9.96. The molecule has 0 heterocycles. The molecule has 2 aromatic rings. The monoisotopic (exact) mass is 438 g/mol. The average molecular weight is 439 g/mol. The van der Waals surface area contributed by atoms with Gasteiger partial charge < -0.3 is 9.84 Å². The van der Waals surface area contributed by atoms with Gasteiger partial charge >= 0.3 is 5.97 Å². The van der Waals surface area contributed by atoms with Crippen LogP contribution in [0.25, 0.3) is 0 Å². The van der Waals surface area contributed by atoms with Crippen molar-refractivity contribution in [3.63, 3.8) is 0 Å². The highest BCUT2D eigenvalue weighted by Gasteiger charge is 2.19. The number of carboxylic acid groups (broad SMARTS) is 1. The molecule has 0 radical (unpaired) electrons. The summed E-state index contributed by atoms with van der Waals surface area (Å²) in [5.74, 6) is -0.493. The molecule has 0 saturated heterocycles. The predicted octanol–water partition coefficient (Wildman–Crippen LogP) is 7.39. The van der Waals surface area contributed by atoms with Crippen molar-refractivity contribution in [1.29, 1.82) is 0 Å². The Balaban J connectivity index is 1.87. The molecule has 0 fully saturated rings. The molecule has 2 rings (SSSR count). The Bertz CT molecular complexity index is 813. The van der Waals surface area contributed by atoms with Gasteiger partial charge in [-0.3, -0.25) is 9.59 Å². The van der Waals surface area contributed by atoms with Gasteiger partial charge in [0.15, 0.2) is 5.78 Å². The molecule has 0 atom stereocenters. The highest BCUT2D eigenvalue weighted by Crippen LogP contribution is 2.27. The highest BCUT2D eigenvalue weighted by molar-refractivity contribution is 6.00. The summed E-state index contributed by atoms with van der Waals surface area (Å²) in [6, 6.07) is 15.0. The van der Waals surface area contributed by atoms with Crippen LogP contribution in [0.3, 0.4) is 0 Å². The van der Waals surface area contributed by atoms with E-state index in [1.807, 2.05) is 30.3 Å². The number of rotatable bonds is 17. The standard InChI is InChI=1S/C28H38O4/c1-2-3-4-5-6-7-8-9-10-14-19-25(29)28-24(21-27(30)31)18-15-20-26(28)32-22-23-16-12-11-13-17-23/h11-13,15-18,20H,2-10,14,19,21-22H2,1H3,(H,30,31). The Hall–Kier alpha value is -2.62. The van der Waals surface area contributed by atoms with E-state index in [4.69, 9.17) is 4.74 Å². The maximum atomic E-state index is 13.0. The maximum Gasteiger partial charge on any atom is 0.307 e. The van der Waals surface area contributed by atoms with Crippen molar-refractivity contribution in [3.8, 4) is 5.75 Å². The number of carbonyl (C=O) groups excluding carboxylic acids is 1. The molecule has 0 spiro atoms. The van der Waals surface area contributed by atoms with E-state index in [1.54, 1.807) is 18.2 Å². The van der Waals surface area contributed by atoms with Crippen LogP contribution in [-0.2, 0) is 17.8 Å². The quantitative estimate of drug-likeness (QED) is 0.207. The van der Waals surface area contributed by atoms with Gasteiger partial charge in [0.1, 0.15) is 12.4 Å². The summed E-state index contributed by atoms with van der Waals surface area (Å²) in [6.07, 6.45) is 12.3. The third-order valence-electron chi connectivity index (χ3n) is 5.73. The first-order valence-corrected chi connectivity index (χ1v) is 12.2. The Kier molecular flexibility index (Phi) is 12.2. The highest BCUT2D eigenvalue weighted by atomic mass is 16.5. The molecular weight excluding hydrogens is 400 g/mol. The maximum absolute atomic E-state index is 13.0. The van der Waals surface area contributed by atoms with Crippen molar-refractivity contribution in [2.24, 2.45) is 0 Å². The van der Waals surface area contributed by atoms with Crippen molar-refractivity contribution in [3.05, 3.63) is 65.2 Å². The summed E-state index contributed by atoms with van der Waals surface area (Å²) in [6.45, 7) is 2.58. The van der Waals surface area contributed by atoms with Crippen LogP contribution in [0.1, 0.15) is 99.0 Å². The Morgan fingerprint density at radius 3 is 2.03 bits per heavy atom. The molecule has 0 aliphatic heterocycles. The molecule has 0 aliphatic carbocycles. The van der Waals surface area contributed by atoms with Gasteiger partial charge in [-0.15, -0.1) is 0 Å². The second kappa shape index (κ2) is 15.2. The van der Waals surface area contributed by atoms with Crippen molar-refractivity contribution < 1.29 is 19.4 Å². The topological polar surface area (TPSA) is 63.6 Å². The van der Waals surface area contributed by atoms with Crippen LogP contribution in [0, 0.1) is 0 Å². The van der Waals surface area contributed by atoms with Crippen LogP contribution >= 0.6 is 0 Å². The lowest BCUT2D eigenvalue weighted by Crippen LogP contribution is -2.11. The van der Waals surface area contributed by atoms with Gasteiger partial charge in [0.25, 0.3) is 0 Å². The molecule has 0 unspecified atom stereocenters. The minimum atomic E-state index is -0.946. The second-order valence-corrected chi connectivity index (χ2v) is 8.49. The zero-order valence-electron chi connectivity index (χ0n) is 19.5. The SMILES string of the molecule is CCCCCCCCCCCCC(=O)c1c(CC(=O)O)cccc1OCc1ccccc1. The number of ketones is 1. The fourth-order valence-corrected chi connectivity index (χ4v) is 3.96. The summed E-state index contributed by atoms with van der Waals surface area (Å²) < 4.78 is 5.95. The lowest BCUT2D eigenvalue weighted by molar-refractivity contribution is -0.136. The van der Waals surface area contributed by atoms with E-state index in [0.717, 1.165) is 24.8 Å². The third kappa shape index (κ3) is 9.67. The Labute approximate surface area is 193 Å². The summed E-state index contributed by atoms with van der Waals surface area (Å²) in [5.41, 5.74) is 1.96. The minimum Gasteiger partial charge on any atom is -0.488 e. The van der Waals surface area contributed by atoms with Crippen molar-refractivity contribution in [2.75, 3.05) is 0 Å². The molecule has 4 heteroatoms. The fourth-order valence-electron chi connectivity index (χ4n) is 3.96. The zero-order valence-corrected chi connectivity index (χ0v) is 19.5. The van der Waals surface area contributed by atoms with E-state index in [1.165, 1.54) is 44.9 Å². The number of hydrogen-bond acceptors (Lipinski definition) is 3. The summed E-state index contributed by atoms with van der Waals surface area (Å²) >= 11 is 0. The predicted molar refractivity (Wildman–Crippen MR) is 129 cm³/mol. The van der Waals surface area contributed by atoms with Crippen LogP contribution in [0.15, 0.2) is 48.5 Å². The third-order valence-corrected chi connectivity index (χ3v) is 5.73. The molecular formula is C28H38O4. The Morgan fingerprint density at radius 1 is 0.781 bits per heavy atom. The number of hydrogen-bond donors (Lipinski definition) is 1. The number of carboxylic acids is 1. The van der Waals surface area contributed by atoms with Crippen LogP contribution in [-0.4, -0.2) is 16.9 Å². The van der Waals surface area contributed by atoms with Crippen molar-refractivity contribution in [2.45, 2.75) is 90.6 Å². The molecule has 0 bridgehead atoms. The van der Waals surface area contributed by atoms with Gasteiger partial charge in [-0.25, -0.2) is 0 Å². The van der Waals surface area contributed by atoms with E-state index in [2.05, 4.69) is 6.92 Å². The minimum absolute atomic E-state index is 0.0236. The van der Waals surface area contributed by atoms with Crippen LogP contribution in [0.4, 0.5) is 0 Å². The van der Waals surface area contributed by atoms with E-state index in [-0.39, 0.29) is 12.2 Å². The number of benzene rings is 2. The molecule has 32 heavy (non-hydrogen) atoms. The van der Waals surface area contributed by atoms with E-state index in [0.29, 0.717) is 29.9 Å². The lowest BCUT2D eigenvalue weighted by Gasteiger charge is -2.14. The first-order valence-electron chi connectivity index (χ1n) is 12.2. The zero-order chi connectivity index (χ0) is 23.0. The van der Waals surface area contributed by atoms with Gasteiger partial charge in [0.05, 0.1) is 12.0 Å². The van der Waals surface area contributed by atoms with Crippen LogP contribution < -0.4 is 4.74 Å². The molecule has 0 aliphatic rings. The Morgan fingerprint density at radius 2 is 1.41 bits per heavy atom. The largest absolute Gasteiger partial charge is 0.488 e. The van der Waals surface area contributed by atoms with E-state index < -0.39 is 5.97 Å². The molecule has 0 amide bonds. The number of unbranched alkanes of at least 4 members (excludes halogenated alkanes) is 9. The molecule has 174 valence electrons. The van der Waals surface area contributed by atoms with Gasteiger partial charge in [-0.05, 0) is 23.6 Å². The number of carbonyl (C=O) groups is 2. The van der Waals surface area contributed by atoms with Crippen LogP contribution in [0.5, 0.6) is 5.75 Å². The van der Waals surface area contributed by atoms with Crippen molar-refractivity contribution in [1.82, 2.24) is 0 Å². The average Bonchev–Trinajstić information content (AvgIpc) is 2.79. The molecule has 0 aromatic heterocycles. The van der Waals surface area contributed by atoms with Crippen LogP contribution in [0.2, 0.25) is 0 Å².